The first kappa shape index (κ1) is 14.2. The van der Waals surface area contributed by atoms with Crippen molar-refractivity contribution < 1.29 is 8.42 Å². The summed E-state index contributed by atoms with van der Waals surface area (Å²) in [5.74, 6) is 0. The Hall–Kier alpha value is -0.910. The van der Waals surface area contributed by atoms with Crippen molar-refractivity contribution in [3.63, 3.8) is 0 Å². The average Bonchev–Trinajstić information content (AvgIpc) is 2.35. The van der Waals surface area contributed by atoms with Crippen LogP contribution in [0.4, 0.5) is 0 Å². The van der Waals surface area contributed by atoms with Gasteiger partial charge in [-0.05, 0) is 30.7 Å². The van der Waals surface area contributed by atoms with Crippen molar-refractivity contribution >= 4 is 10.0 Å². The van der Waals surface area contributed by atoms with Gasteiger partial charge in [0.05, 0.1) is 4.90 Å². The van der Waals surface area contributed by atoms with Crippen molar-refractivity contribution in [1.29, 1.82) is 0 Å². The number of rotatable bonds is 7. The largest absolute Gasteiger partial charge is 0.316 e. The quantitative estimate of drug-likeness (QED) is 0.719. The first-order chi connectivity index (χ1) is 8.10. The number of hydrogen-bond acceptors (Lipinski definition) is 3. The van der Waals surface area contributed by atoms with Gasteiger partial charge in [0.25, 0.3) is 0 Å². The van der Waals surface area contributed by atoms with Gasteiger partial charge in [-0.1, -0.05) is 26.0 Å². The first-order valence-electron chi connectivity index (χ1n) is 5.89. The zero-order valence-electron chi connectivity index (χ0n) is 10.4. The summed E-state index contributed by atoms with van der Waals surface area (Å²) >= 11 is 0. The predicted octanol–water partition coefficient (Wildman–Crippen LogP) is 1.14. The normalized spacial score (nSPS) is 11.6. The van der Waals surface area contributed by atoms with E-state index in [1.807, 2.05) is 19.9 Å². The topological polar surface area (TPSA) is 58.2 Å². The summed E-state index contributed by atoms with van der Waals surface area (Å²) in [5.41, 5.74) is 1.03. The SMILES string of the molecule is CCNCCNS(=O)(=O)c1cccc(CC)c1. The highest BCUT2D eigenvalue weighted by molar-refractivity contribution is 7.89. The van der Waals surface area contributed by atoms with Gasteiger partial charge in [-0.2, -0.15) is 0 Å². The Morgan fingerprint density at radius 2 is 1.94 bits per heavy atom. The molecule has 1 aromatic rings. The maximum atomic E-state index is 11.9. The van der Waals surface area contributed by atoms with Crippen molar-refractivity contribution in [3.8, 4) is 0 Å². The summed E-state index contributed by atoms with van der Waals surface area (Å²) in [4.78, 5) is 0.341. The molecule has 96 valence electrons. The van der Waals surface area contributed by atoms with Crippen LogP contribution < -0.4 is 10.0 Å². The van der Waals surface area contributed by atoms with Gasteiger partial charge in [0.2, 0.25) is 10.0 Å². The van der Waals surface area contributed by atoms with Gasteiger partial charge in [-0.15, -0.1) is 0 Å². The molecule has 0 amide bonds. The predicted molar refractivity (Wildman–Crippen MR) is 69.6 cm³/mol. The van der Waals surface area contributed by atoms with Crippen molar-refractivity contribution in [2.45, 2.75) is 25.2 Å². The molecule has 1 rings (SSSR count). The number of nitrogens with one attached hydrogen (secondary N) is 2. The zero-order valence-corrected chi connectivity index (χ0v) is 11.2. The van der Waals surface area contributed by atoms with Crippen LogP contribution in [0, 0.1) is 0 Å². The molecule has 17 heavy (non-hydrogen) atoms. The van der Waals surface area contributed by atoms with Gasteiger partial charge < -0.3 is 5.32 Å². The van der Waals surface area contributed by atoms with Crippen LogP contribution in [0.1, 0.15) is 19.4 Å². The van der Waals surface area contributed by atoms with Gasteiger partial charge >= 0.3 is 0 Å². The van der Waals surface area contributed by atoms with Gasteiger partial charge in [-0.25, -0.2) is 13.1 Å². The van der Waals surface area contributed by atoms with Crippen LogP contribution >= 0.6 is 0 Å². The number of sulfonamides is 1. The molecule has 0 saturated heterocycles. The molecule has 1 aromatic carbocycles. The summed E-state index contributed by atoms with van der Waals surface area (Å²) in [5, 5.41) is 3.07. The highest BCUT2D eigenvalue weighted by Gasteiger charge is 2.12. The van der Waals surface area contributed by atoms with E-state index in [2.05, 4.69) is 10.0 Å². The Balaban J connectivity index is 2.68. The summed E-state index contributed by atoms with van der Waals surface area (Å²) in [7, 11) is -3.36. The third-order valence-corrected chi connectivity index (χ3v) is 3.92. The van der Waals surface area contributed by atoms with E-state index < -0.39 is 10.0 Å². The molecule has 0 saturated carbocycles. The Morgan fingerprint density at radius 3 is 2.59 bits per heavy atom. The second-order valence-corrected chi connectivity index (χ2v) is 5.52. The van der Waals surface area contributed by atoms with Gasteiger partial charge in [0.15, 0.2) is 0 Å². The van der Waals surface area contributed by atoms with E-state index in [9.17, 15) is 8.42 Å². The molecule has 0 bridgehead atoms. The number of aryl methyl sites for hydroxylation is 1. The van der Waals surface area contributed by atoms with E-state index in [1.54, 1.807) is 18.2 Å². The Labute approximate surface area is 103 Å². The summed E-state index contributed by atoms with van der Waals surface area (Å²) in [6.45, 7) is 5.88. The maximum Gasteiger partial charge on any atom is 0.240 e. The van der Waals surface area contributed by atoms with Crippen molar-refractivity contribution in [2.75, 3.05) is 19.6 Å². The fourth-order valence-electron chi connectivity index (χ4n) is 1.47. The highest BCUT2D eigenvalue weighted by Crippen LogP contribution is 2.11. The molecule has 0 fully saturated rings. The lowest BCUT2D eigenvalue weighted by atomic mass is 10.2. The molecule has 2 N–H and O–H groups in total. The van der Waals surface area contributed by atoms with E-state index in [1.165, 1.54) is 0 Å². The smallest absolute Gasteiger partial charge is 0.240 e. The number of hydrogen-bond donors (Lipinski definition) is 2. The zero-order chi connectivity index (χ0) is 12.7. The molecule has 0 radical (unpaired) electrons. The molecule has 0 aliphatic rings. The third kappa shape index (κ3) is 4.46. The Morgan fingerprint density at radius 1 is 1.18 bits per heavy atom. The minimum atomic E-state index is -3.36. The number of likely N-dealkylation sites (N-methyl/N-ethyl adjacent to an activating group) is 1. The standard InChI is InChI=1S/C12H20N2O2S/c1-3-11-6-5-7-12(10-11)17(15,16)14-9-8-13-4-2/h5-7,10,13-14H,3-4,8-9H2,1-2H3. The lowest BCUT2D eigenvalue weighted by Gasteiger charge is -2.08. The third-order valence-electron chi connectivity index (χ3n) is 2.46. The molecule has 0 aromatic heterocycles. The average molecular weight is 256 g/mol. The van der Waals surface area contributed by atoms with Gasteiger partial charge in [0, 0.05) is 13.1 Å². The molecule has 4 nitrogen and oxygen atoms in total. The van der Waals surface area contributed by atoms with Crippen LogP contribution in [0.2, 0.25) is 0 Å². The van der Waals surface area contributed by atoms with E-state index in [0.717, 1.165) is 18.5 Å². The monoisotopic (exact) mass is 256 g/mol. The summed E-state index contributed by atoms with van der Waals surface area (Å²) in [6.07, 6.45) is 0.834. The second-order valence-electron chi connectivity index (χ2n) is 3.75. The molecular weight excluding hydrogens is 236 g/mol. The van der Waals surface area contributed by atoms with E-state index >= 15 is 0 Å². The fourth-order valence-corrected chi connectivity index (χ4v) is 2.57. The van der Waals surface area contributed by atoms with Crippen LogP contribution in [0.15, 0.2) is 29.2 Å². The molecular formula is C12H20N2O2S. The van der Waals surface area contributed by atoms with E-state index in [4.69, 9.17) is 0 Å². The summed E-state index contributed by atoms with van der Waals surface area (Å²) < 4.78 is 26.4. The van der Waals surface area contributed by atoms with Crippen LogP contribution in [0.25, 0.3) is 0 Å². The van der Waals surface area contributed by atoms with Crippen LogP contribution in [0.5, 0.6) is 0 Å². The minimum Gasteiger partial charge on any atom is -0.316 e. The maximum absolute atomic E-state index is 11.9. The lowest BCUT2D eigenvalue weighted by molar-refractivity contribution is 0.577. The molecule has 0 atom stereocenters. The lowest BCUT2D eigenvalue weighted by Crippen LogP contribution is -2.31. The first-order valence-corrected chi connectivity index (χ1v) is 7.37. The minimum absolute atomic E-state index is 0.341. The summed E-state index contributed by atoms with van der Waals surface area (Å²) in [6, 6.07) is 7.04. The number of benzene rings is 1. The molecule has 0 spiro atoms. The Bertz CT molecular complexity index is 444. The van der Waals surface area contributed by atoms with Gasteiger partial charge in [-0.3, -0.25) is 0 Å². The highest BCUT2D eigenvalue weighted by atomic mass is 32.2. The van der Waals surface area contributed by atoms with Crippen LogP contribution in [0.3, 0.4) is 0 Å². The van der Waals surface area contributed by atoms with Crippen molar-refractivity contribution in [1.82, 2.24) is 10.0 Å². The molecule has 0 aliphatic carbocycles. The fraction of sp³-hybridized carbons (Fsp3) is 0.500. The molecule has 0 heterocycles. The van der Waals surface area contributed by atoms with E-state index in [0.29, 0.717) is 18.0 Å². The van der Waals surface area contributed by atoms with E-state index in [-0.39, 0.29) is 0 Å². The molecule has 5 heteroatoms. The van der Waals surface area contributed by atoms with Crippen molar-refractivity contribution in [2.24, 2.45) is 0 Å². The molecule has 0 aliphatic heterocycles. The van der Waals surface area contributed by atoms with Crippen LogP contribution in [-0.4, -0.2) is 28.1 Å². The second kappa shape index (κ2) is 6.74. The van der Waals surface area contributed by atoms with Crippen LogP contribution in [-0.2, 0) is 16.4 Å². The van der Waals surface area contributed by atoms with Gasteiger partial charge in [0.1, 0.15) is 0 Å². The Kier molecular flexibility index (Phi) is 5.61. The molecule has 0 unspecified atom stereocenters. The van der Waals surface area contributed by atoms with Crippen molar-refractivity contribution in [3.05, 3.63) is 29.8 Å².